The lowest BCUT2D eigenvalue weighted by molar-refractivity contribution is -0.138. The summed E-state index contributed by atoms with van der Waals surface area (Å²) in [5, 5.41) is 0. The summed E-state index contributed by atoms with van der Waals surface area (Å²) in [6.45, 7) is 6.62. The average molecular weight is 233 g/mol. The van der Waals surface area contributed by atoms with E-state index in [0.717, 1.165) is 5.56 Å². The summed E-state index contributed by atoms with van der Waals surface area (Å²) >= 11 is 0. The third kappa shape index (κ3) is 2.50. The Labute approximate surface area is 102 Å². The van der Waals surface area contributed by atoms with Gasteiger partial charge in [0, 0.05) is 0 Å². The average Bonchev–Trinajstić information content (AvgIpc) is 2.54. The van der Waals surface area contributed by atoms with E-state index >= 15 is 0 Å². The van der Waals surface area contributed by atoms with Gasteiger partial charge < -0.3 is 9.64 Å². The molecule has 0 radical (unpaired) electrons. The lowest BCUT2D eigenvalue weighted by Crippen LogP contribution is -2.48. The third-order valence-corrected chi connectivity index (χ3v) is 3.16. The number of hydrogen-bond donors (Lipinski definition) is 0. The van der Waals surface area contributed by atoms with Crippen LogP contribution in [0.4, 0.5) is 0 Å². The molecule has 2 rings (SSSR count). The number of nitrogens with zero attached hydrogens (tertiary/aromatic N) is 1. The highest BCUT2D eigenvalue weighted by Gasteiger charge is 2.40. The minimum atomic E-state index is -0.203. The van der Waals surface area contributed by atoms with E-state index in [1.54, 1.807) is 0 Å². The highest BCUT2D eigenvalue weighted by Crippen LogP contribution is 2.27. The SMILES string of the molecule is CC1OCC(C)(C)N1C(=O)Cc1ccccc1. The van der Waals surface area contributed by atoms with Gasteiger partial charge in [-0.05, 0) is 26.3 Å². The first-order valence-corrected chi connectivity index (χ1v) is 5.98. The van der Waals surface area contributed by atoms with Gasteiger partial charge in [0.05, 0.1) is 18.6 Å². The molecule has 1 aliphatic heterocycles. The zero-order valence-electron chi connectivity index (χ0n) is 10.6. The van der Waals surface area contributed by atoms with Crippen molar-refractivity contribution >= 4 is 5.91 Å². The molecule has 0 saturated carbocycles. The van der Waals surface area contributed by atoms with Crippen molar-refractivity contribution in [3.8, 4) is 0 Å². The van der Waals surface area contributed by atoms with E-state index in [1.165, 1.54) is 0 Å². The second-order valence-corrected chi connectivity index (χ2v) is 5.15. The Morgan fingerprint density at radius 1 is 1.41 bits per heavy atom. The van der Waals surface area contributed by atoms with Crippen molar-refractivity contribution in [2.45, 2.75) is 39.0 Å². The monoisotopic (exact) mass is 233 g/mol. The Balaban J connectivity index is 2.10. The maximum atomic E-state index is 12.3. The lowest BCUT2D eigenvalue weighted by atomic mass is 10.0. The van der Waals surface area contributed by atoms with Gasteiger partial charge in [-0.1, -0.05) is 30.3 Å². The van der Waals surface area contributed by atoms with E-state index in [2.05, 4.69) is 0 Å². The van der Waals surface area contributed by atoms with E-state index in [0.29, 0.717) is 13.0 Å². The summed E-state index contributed by atoms with van der Waals surface area (Å²) in [6.07, 6.45) is 0.319. The summed E-state index contributed by atoms with van der Waals surface area (Å²) in [6, 6.07) is 9.83. The van der Waals surface area contributed by atoms with Crippen LogP contribution >= 0.6 is 0 Å². The number of benzene rings is 1. The maximum Gasteiger partial charge on any atom is 0.229 e. The van der Waals surface area contributed by atoms with Gasteiger partial charge in [-0.25, -0.2) is 0 Å². The van der Waals surface area contributed by atoms with Gasteiger partial charge >= 0.3 is 0 Å². The molecule has 17 heavy (non-hydrogen) atoms. The molecule has 0 aliphatic carbocycles. The Kier molecular flexibility index (Phi) is 3.20. The Morgan fingerprint density at radius 2 is 2.06 bits per heavy atom. The Bertz CT molecular complexity index is 400. The summed E-state index contributed by atoms with van der Waals surface area (Å²) in [4.78, 5) is 14.1. The summed E-state index contributed by atoms with van der Waals surface area (Å²) in [5.41, 5.74) is 0.845. The minimum Gasteiger partial charge on any atom is -0.356 e. The van der Waals surface area contributed by atoms with Crippen LogP contribution in [-0.2, 0) is 16.0 Å². The molecule has 3 heteroatoms. The maximum absolute atomic E-state index is 12.3. The predicted molar refractivity (Wildman–Crippen MR) is 66.5 cm³/mol. The zero-order chi connectivity index (χ0) is 12.5. The van der Waals surface area contributed by atoms with E-state index in [4.69, 9.17) is 4.74 Å². The molecule has 1 saturated heterocycles. The number of carbonyl (C=O) groups excluding carboxylic acids is 1. The topological polar surface area (TPSA) is 29.5 Å². The van der Waals surface area contributed by atoms with Crippen molar-refractivity contribution in [1.29, 1.82) is 0 Å². The first kappa shape index (κ1) is 12.1. The van der Waals surface area contributed by atoms with Crippen LogP contribution in [0.25, 0.3) is 0 Å². The summed E-state index contributed by atoms with van der Waals surface area (Å²) in [5.74, 6) is 0.131. The molecule has 0 bridgehead atoms. The van der Waals surface area contributed by atoms with E-state index in [9.17, 15) is 4.79 Å². The first-order valence-electron chi connectivity index (χ1n) is 5.98. The molecular formula is C14H19NO2. The minimum absolute atomic E-state index is 0.124. The second kappa shape index (κ2) is 4.49. The molecular weight excluding hydrogens is 214 g/mol. The standard InChI is InChI=1S/C14H19NO2/c1-11-15(14(2,3)10-17-11)13(16)9-12-7-5-4-6-8-12/h4-8,11H,9-10H2,1-3H3. The first-order chi connectivity index (χ1) is 8.00. The van der Waals surface area contributed by atoms with Crippen LogP contribution in [0.15, 0.2) is 30.3 Å². The van der Waals surface area contributed by atoms with Crippen LogP contribution in [0, 0.1) is 0 Å². The fraction of sp³-hybridized carbons (Fsp3) is 0.500. The normalized spacial score (nSPS) is 22.8. The Hall–Kier alpha value is -1.35. The van der Waals surface area contributed by atoms with Crippen LogP contribution in [0.5, 0.6) is 0 Å². The quantitative estimate of drug-likeness (QED) is 0.784. The van der Waals surface area contributed by atoms with E-state index in [-0.39, 0.29) is 17.7 Å². The van der Waals surface area contributed by atoms with Gasteiger partial charge in [0.15, 0.2) is 0 Å². The van der Waals surface area contributed by atoms with E-state index < -0.39 is 0 Å². The number of carbonyl (C=O) groups is 1. The van der Waals surface area contributed by atoms with E-state index in [1.807, 2.05) is 56.0 Å². The van der Waals surface area contributed by atoms with Crippen LogP contribution in [0.3, 0.4) is 0 Å². The molecule has 1 aromatic carbocycles. The highest BCUT2D eigenvalue weighted by molar-refractivity contribution is 5.80. The molecule has 1 aromatic rings. The summed E-state index contributed by atoms with van der Waals surface area (Å²) < 4.78 is 5.54. The van der Waals surface area contributed by atoms with Gasteiger partial charge in [-0.3, -0.25) is 4.79 Å². The summed E-state index contributed by atoms with van der Waals surface area (Å²) in [7, 11) is 0. The molecule has 1 atom stereocenters. The van der Waals surface area contributed by atoms with Crippen molar-refractivity contribution in [2.24, 2.45) is 0 Å². The third-order valence-electron chi connectivity index (χ3n) is 3.16. The van der Waals surface area contributed by atoms with Crippen LogP contribution in [0.1, 0.15) is 26.3 Å². The molecule has 1 fully saturated rings. The number of hydrogen-bond acceptors (Lipinski definition) is 2. The van der Waals surface area contributed by atoms with Crippen molar-refractivity contribution in [3.05, 3.63) is 35.9 Å². The van der Waals surface area contributed by atoms with Gasteiger partial charge in [0.25, 0.3) is 0 Å². The largest absolute Gasteiger partial charge is 0.356 e. The van der Waals surface area contributed by atoms with Crippen LogP contribution in [-0.4, -0.2) is 29.2 Å². The number of amides is 1. The molecule has 3 nitrogen and oxygen atoms in total. The smallest absolute Gasteiger partial charge is 0.229 e. The molecule has 1 unspecified atom stereocenters. The zero-order valence-corrected chi connectivity index (χ0v) is 10.6. The van der Waals surface area contributed by atoms with Gasteiger partial charge in [0.1, 0.15) is 6.23 Å². The van der Waals surface area contributed by atoms with Crippen molar-refractivity contribution in [3.63, 3.8) is 0 Å². The lowest BCUT2D eigenvalue weighted by Gasteiger charge is -2.32. The van der Waals surface area contributed by atoms with Crippen molar-refractivity contribution in [2.75, 3.05) is 6.61 Å². The van der Waals surface area contributed by atoms with Crippen molar-refractivity contribution < 1.29 is 9.53 Å². The van der Waals surface area contributed by atoms with Crippen molar-refractivity contribution in [1.82, 2.24) is 4.90 Å². The van der Waals surface area contributed by atoms with Gasteiger partial charge in [0.2, 0.25) is 5.91 Å². The predicted octanol–water partition coefficient (Wildman–Crippen LogP) is 2.21. The number of rotatable bonds is 2. The molecule has 1 amide bonds. The highest BCUT2D eigenvalue weighted by atomic mass is 16.5. The van der Waals surface area contributed by atoms with Crippen LogP contribution < -0.4 is 0 Å². The van der Waals surface area contributed by atoms with Gasteiger partial charge in [-0.2, -0.15) is 0 Å². The Morgan fingerprint density at radius 3 is 2.59 bits per heavy atom. The fourth-order valence-electron chi connectivity index (χ4n) is 2.36. The van der Waals surface area contributed by atoms with Gasteiger partial charge in [-0.15, -0.1) is 0 Å². The molecule has 92 valence electrons. The van der Waals surface area contributed by atoms with Crippen LogP contribution in [0.2, 0.25) is 0 Å². The molecule has 0 N–H and O–H groups in total. The molecule has 0 aromatic heterocycles. The molecule has 1 heterocycles. The molecule has 0 spiro atoms. The number of ether oxygens (including phenoxy) is 1. The molecule has 1 aliphatic rings. The second-order valence-electron chi connectivity index (χ2n) is 5.15. The fourth-order valence-corrected chi connectivity index (χ4v) is 2.36.